The summed E-state index contributed by atoms with van der Waals surface area (Å²) in [5.41, 5.74) is 1.83. The van der Waals surface area contributed by atoms with Gasteiger partial charge in [-0.2, -0.15) is 0 Å². The van der Waals surface area contributed by atoms with Gasteiger partial charge in [0.15, 0.2) is 0 Å². The topological polar surface area (TPSA) is 63.2 Å². The van der Waals surface area contributed by atoms with Crippen molar-refractivity contribution in [1.82, 2.24) is 0 Å². The first-order chi connectivity index (χ1) is 11.2. The number of Topliss-reactive ketones (excluding diaryl/α,β-unsaturated/α-hetero) is 1. The van der Waals surface area contributed by atoms with Crippen LogP contribution in [-0.2, 0) is 27.7 Å². The molecule has 2 aromatic carbocycles. The SMILES string of the molecule is CS(=O)(=O)Nc1cc2c(cc1Sc1ccc(F)cc1F)CC(=O)C2. The summed E-state index contributed by atoms with van der Waals surface area (Å²) in [5.74, 6) is -1.38. The van der Waals surface area contributed by atoms with Crippen LogP contribution in [0.2, 0.25) is 0 Å². The Bertz CT molecular complexity index is 943. The van der Waals surface area contributed by atoms with Crippen LogP contribution in [0.3, 0.4) is 0 Å². The first kappa shape index (κ1) is 16.9. The Kier molecular flexibility index (Phi) is 4.35. The summed E-state index contributed by atoms with van der Waals surface area (Å²) in [6, 6.07) is 6.47. The molecule has 3 rings (SSSR count). The predicted octanol–water partition coefficient (Wildman–Crippen LogP) is 3.16. The monoisotopic (exact) mass is 369 g/mol. The Morgan fingerprint density at radius 3 is 2.33 bits per heavy atom. The number of fused-ring (bicyclic) bond motifs is 1. The van der Waals surface area contributed by atoms with Crippen LogP contribution >= 0.6 is 11.8 Å². The third-order valence-corrected chi connectivity index (χ3v) is 5.19. The first-order valence-electron chi connectivity index (χ1n) is 6.99. The van der Waals surface area contributed by atoms with Gasteiger partial charge in [0.05, 0.1) is 11.9 Å². The fourth-order valence-corrected chi connectivity index (χ4v) is 4.11. The second-order valence-electron chi connectivity index (χ2n) is 5.56. The van der Waals surface area contributed by atoms with E-state index in [-0.39, 0.29) is 29.2 Å². The Morgan fingerprint density at radius 2 is 1.71 bits per heavy atom. The first-order valence-corrected chi connectivity index (χ1v) is 9.70. The van der Waals surface area contributed by atoms with E-state index < -0.39 is 21.7 Å². The van der Waals surface area contributed by atoms with E-state index >= 15 is 0 Å². The number of benzene rings is 2. The van der Waals surface area contributed by atoms with Crippen molar-refractivity contribution in [3.63, 3.8) is 0 Å². The van der Waals surface area contributed by atoms with Crippen LogP contribution < -0.4 is 4.72 Å². The fraction of sp³-hybridized carbons (Fsp3) is 0.188. The van der Waals surface area contributed by atoms with Crippen LogP contribution in [0.4, 0.5) is 14.5 Å². The molecule has 4 nitrogen and oxygen atoms in total. The summed E-state index contributed by atoms with van der Waals surface area (Å²) in [4.78, 5) is 12.2. The van der Waals surface area contributed by atoms with Crippen molar-refractivity contribution >= 4 is 33.3 Å². The predicted molar refractivity (Wildman–Crippen MR) is 87.8 cm³/mol. The van der Waals surface area contributed by atoms with Crippen LogP contribution in [0, 0.1) is 11.6 Å². The number of hydrogen-bond donors (Lipinski definition) is 1. The van der Waals surface area contributed by atoms with Crippen molar-refractivity contribution in [3.8, 4) is 0 Å². The molecule has 0 aromatic heterocycles. The highest BCUT2D eigenvalue weighted by Gasteiger charge is 2.22. The van der Waals surface area contributed by atoms with Crippen molar-refractivity contribution in [2.24, 2.45) is 0 Å². The largest absolute Gasteiger partial charge is 0.299 e. The van der Waals surface area contributed by atoms with E-state index in [9.17, 15) is 22.0 Å². The lowest BCUT2D eigenvalue weighted by Gasteiger charge is -2.13. The molecule has 1 N–H and O–H groups in total. The summed E-state index contributed by atoms with van der Waals surface area (Å²) < 4.78 is 52.5. The Balaban J connectivity index is 2.04. The van der Waals surface area contributed by atoms with Crippen molar-refractivity contribution in [3.05, 3.63) is 53.1 Å². The van der Waals surface area contributed by atoms with Gasteiger partial charge in [0, 0.05) is 28.7 Å². The zero-order valence-corrected chi connectivity index (χ0v) is 14.2. The van der Waals surface area contributed by atoms with Crippen LogP contribution in [0.5, 0.6) is 0 Å². The van der Waals surface area contributed by atoms with Gasteiger partial charge in [0.1, 0.15) is 17.4 Å². The van der Waals surface area contributed by atoms with Gasteiger partial charge in [-0.25, -0.2) is 17.2 Å². The standard InChI is InChI=1S/C16H13F2NO3S2/c1-24(21,22)19-14-6-9-4-12(20)5-10(9)7-16(14)23-15-3-2-11(17)8-13(15)18/h2-3,6-8,19H,4-5H2,1H3. The average Bonchev–Trinajstić information content (AvgIpc) is 2.79. The van der Waals surface area contributed by atoms with Gasteiger partial charge in [-0.15, -0.1) is 0 Å². The molecule has 24 heavy (non-hydrogen) atoms. The maximum Gasteiger partial charge on any atom is 0.229 e. The van der Waals surface area contributed by atoms with Crippen LogP contribution in [0.1, 0.15) is 11.1 Å². The van der Waals surface area contributed by atoms with Gasteiger partial charge in [0.2, 0.25) is 10.0 Å². The third kappa shape index (κ3) is 3.76. The average molecular weight is 369 g/mol. The van der Waals surface area contributed by atoms with Crippen LogP contribution in [0.15, 0.2) is 40.1 Å². The number of nitrogens with one attached hydrogen (secondary N) is 1. The zero-order chi connectivity index (χ0) is 17.5. The molecule has 0 unspecified atom stereocenters. The van der Waals surface area contributed by atoms with E-state index in [0.717, 1.165) is 41.3 Å². The maximum absolute atomic E-state index is 13.9. The number of rotatable bonds is 4. The van der Waals surface area contributed by atoms with Gasteiger partial charge in [-0.1, -0.05) is 11.8 Å². The summed E-state index contributed by atoms with van der Waals surface area (Å²) in [6.07, 6.45) is 1.54. The second kappa shape index (κ2) is 6.18. The van der Waals surface area contributed by atoms with E-state index in [1.807, 2.05) is 0 Å². The normalized spacial score (nSPS) is 13.9. The summed E-state index contributed by atoms with van der Waals surface area (Å²) >= 11 is 0.978. The van der Waals surface area contributed by atoms with Gasteiger partial charge >= 0.3 is 0 Å². The quantitative estimate of drug-likeness (QED) is 0.899. The van der Waals surface area contributed by atoms with Gasteiger partial charge in [-0.05, 0) is 35.4 Å². The highest BCUT2D eigenvalue weighted by atomic mass is 32.2. The van der Waals surface area contributed by atoms with Crippen molar-refractivity contribution < 1.29 is 22.0 Å². The van der Waals surface area contributed by atoms with E-state index in [0.29, 0.717) is 4.90 Å². The number of carbonyl (C=O) groups is 1. The molecule has 0 bridgehead atoms. The fourth-order valence-electron chi connectivity index (χ4n) is 2.52. The van der Waals surface area contributed by atoms with Crippen molar-refractivity contribution in [2.75, 3.05) is 11.0 Å². The Hall–Kier alpha value is -1.93. The highest BCUT2D eigenvalue weighted by molar-refractivity contribution is 7.99. The summed E-state index contributed by atoms with van der Waals surface area (Å²) in [6.45, 7) is 0. The number of halogens is 2. The molecule has 0 saturated heterocycles. The van der Waals surface area contributed by atoms with E-state index in [1.165, 1.54) is 6.07 Å². The van der Waals surface area contributed by atoms with Gasteiger partial charge < -0.3 is 0 Å². The molecule has 126 valence electrons. The summed E-state index contributed by atoms with van der Waals surface area (Å²) in [5, 5.41) is 0. The van der Waals surface area contributed by atoms with Crippen molar-refractivity contribution in [1.29, 1.82) is 0 Å². The molecule has 0 spiro atoms. The van der Waals surface area contributed by atoms with Crippen LogP contribution in [0.25, 0.3) is 0 Å². The minimum atomic E-state index is -3.54. The minimum Gasteiger partial charge on any atom is -0.299 e. The Morgan fingerprint density at radius 1 is 1.04 bits per heavy atom. The molecule has 0 fully saturated rings. The number of carbonyl (C=O) groups excluding carboxylic acids is 1. The molecule has 0 heterocycles. The second-order valence-corrected chi connectivity index (χ2v) is 8.39. The molecule has 1 aliphatic rings. The van der Waals surface area contributed by atoms with E-state index in [1.54, 1.807) is 12.1 Å². The molecule has 0 saturated carbocycles. The van der Waals surface area contributed by atoms with Crippen LogP contribution in [-0.4, -0.2) is 20.5 Å². The summed E-state index contributed by atoms with van der Waals surface area (Å²) in [7, 11) is -3.54. The molecule has 8 heteroatoms. The molecular formula is C16H13F2NO3S2. The molecule has 0 amide bonds. The number of ketones is 1. The Labute approximate surface area is 142 Å². The zero-order valence-electron chi connectivity index (χ0n) is 12.6. The van der Waals surface area contributed by atoms with Gasteiger partial charge in [-0.3, -0.25) is 9.52 Å². The number of anilines is 1. The number of sulfonamides is 1. The lowest BCUT2D eigenvalue weighted by atomic mass is 10.1. The van der Waals surface area contributed by atoms with E-state index in [4.69, 9.17) is 0 Å². The number of hydrogen-bond acceptors (Lipinski definition) is 4. The van der Waals surface area contributed by atoms with Gasteiger partial charge in [0.25, 0.3) is 0 Å². The third-order valence-electron chi connectivity index (χ3n) is 3.49. The molecule has 0 aliphatic heterocycles. The molecule has 0 atom stereocenters. The minimum absolute atomic E-state index is 0.0467. The molecule has 0 radical (unpaired) electrons. The van der Waals surface area contributed by atoms with E-state index in [2.05, 4.69) is 4.72 Å². The van der Waals surface area contributed by atoms with Crippen molar-refractivity contribution in [2.45, 2.75) is 22.6 Å². The highest BCUT2D eigenvalue weighted by Crippen LogP contribution is 2.38. The molecule has 1 aliphatic carbocycles. The lowest BCUT2D eigenvalue weighted by molar-refractivity contribution is -0.117. The lowest BCUT2D eigenvalue weighted by Crippen LogP contribution is -2.10. The smallest absolute Gasteiger partial charge is 0.229 e. The molecule has 2 aromatic rings. The maximum atomic E-state index is 13.9. The molecular weight excluding hydrogens is 356 g/mol.